The van der Waals surface area contributed by atoms with E-state index in [1.807, 2.05) is 24.3 Å². The maximum absolute atomic E-state index is 5.34. The maximum Gasteiger partial charge on any atom is 0.171 e. The van der Waals surface area contributed by atoms with Crippen LogP contribution in [0.25, 0.3) is 10.9 Å². The number of aromatic amines is 1. The SMILES string of the molecule is COc1ccc(NC(=S)NCc2ccc3[nH]c(C)cc3c2)cc1. The van der Waals surface area contributed by atoms with Gasteiger partial charge in [-0.2, -0.15) is 0 Å². The first-order valence-corrected chi connectivity index (χ1v) is 7.82. The van der Waals surface area contributed by atoms with Crippen molar-refractivity contribution in [2.24, 2.45) is 0 Å². The molecule has 0 amide bonds. The van der Waals surface area contributed by atoms with Crippen LogP contribution in [-0.2, 0) is 6.54 Å². The average molecular weight is 325 g/mol. The minimum atomic E-state index is 0.598. The van der Waals surface area contributed by atoms with Crippen molar-refractivity contribution in [1.29, 1.82) is 0 Å². The number of ether oxygens (including phenoxy) is 1. The molecular formula is C18H19N3OS. The number of aryl methyl sites for hydroxylation is 1. The highest BCUT2D eigenvalue weighted by Gasteiger charge is 2.02. The van der Waals surface area contributed by atoms with Crippen LogP contribution in [0.2, 0.25) is 0 Å². The molecule has 2 aromatic carbocycles. The zero-order chi connectivity index (χ0) is 16.2. The summed E-state index contributed by atoms with van der Waals surface area (Å²) in [6.45, 7) is 2.74. The Labute approximate surface area is 140 Å². The number of thiocarbonyl (C=S) groups is 1. The molecule has 3 N–H and O–H groups in total. The fourth-order valence-electron chi connectivity index (χ4n) is 2.47. The van der Waals surface area contributed by atoms with Crippen LogP contribution in [-0.4, -0.2) is 17.2 Å². The molecule has 0 atom stereocenters. The summed E-state index contributed by atoms with van der Waals surface area (Å²) in [4.78, 5) is 3.32. The Morgan fingerprint density at radius 3 is 2.65 bits per heavy atom. The van der Waals surface area contributed by atoms with Crippen LogP contribution in [0.5, 0.6) is 5.75 Å². The quantitative estimate of drug-likeness (QED) is 0.635. The van der Waals surface area contributed by atoms with Crippen molar-refractivity contribution in [3.05, 3.63) is 59.8 Å². The second-order valence-electron chi connectivity index (χ2n) is 5.41. The fourth-order valence-corrected chi connectivity index (χ4v) is 2.66. The second kappa shape index (κ2) is 6.71. The van der Waals surface area contributed by atoms with Gasteiger partial charge < -0.3 is 20.4 Å². The van der Waals surface area contributed by atoms with E-state index in [-0.39, 0.29) is 0 Å². The summed E-state index contributed by atoms with van der Waals surface area (Å²) in [6.07, 6.45) is 0. The summed E-state index contributed by atoms with van der Waals surface area (Å²) in [6, 6.07) is 16.2. The lowest BCUT2D eigenvalue weighted by molar-refractivity contribution is 0.415. The smallest absolute Gasteiger partial charge is 0.171 e. The monoisotopic (exact) mass is 325 g/mol. The van der Waals surface area contributed by atoms with Gasteiger partial charge in [-0.3, -0.25) is 0 Å². The highest BCUT2D eigenvalue weighted by Crippen LogP contribution is 2.17. The van der Waals surface area contributed by atoms with E-state index in [0.717, 1.165) is 17.0 Å². The molecular weight excluding hydrogens is 306 g/mol. The van der Waals surface area contributed by atoms with Crippen molar-refractivity contribution in [3.63, 3.8) is 0 Å². The van der Waals surface area contributed by atoms with Gasteiger partial charge in [0.2, 0.25) is 0 Å². The lowest BCUT2D eigenvalue weighted by Gasteiger charge is -2.11. The summed E-state index contributed by atoms with van der Waals surface area (Å²) in [7, 11) is 1.65. The molecule has 0 unspecified atom stereocenters. The maximum atomic E-state index is 5.34. The first-order chi connectivity index (χ1) is 11.1. The largest absolute Gasteiger partial charge is 0.497 e. The molecule has 118 valence electrons. The Morgan fingerprint density at radius 2 is 1.91 bits per heavy atom. The van der Waals surface area contributed by atoms with Crippen molar-refractivity contribution in [2.45, 2.75) is 13.5 Å². The van der Waals surface area contributed by atoms with Gasteiger partial charge in [0.15, 0.2) is 5.11 Å². The minimum Gasteiger partial charge on any atom is -0.497 e. The molecule has 0 aliphatic carbocycles. The number of fused-ring (bicyclic) bond motifs is 1. The minimum absolute atomic E-state index is 0.598. The van der Waals surface area contributed by atoms with Crippen molar-refractivity contribution < 1.29 is 4.74 Å². The number of rotatable bonds is 4. The van der Waals surface area contributed by atoms with Gasteiger partial charge in [-0.15, -0.1) is 0 Å². The van der Waals surface area contributed by atoms with Crippen LogP contribution in [0, 0.1) is 6.92 Å². The molecule has 0 saturated carbocycles. The number of nitrogens with one attached hydrogen (secondary N) is 3. The first kappa shape index (κ1) is 15.4. The van der Waals surface area contributed by atoms with Crippen LogP contribution in [0.3, 0.4) is 0 Å². The Hall–Kier alpha value is -2.53. The van der Waals surface area contributed by atoms with E-state index < -0.39 is 0 Å². The van der Waals surface area contributed by atoms with E-state index in [4.69, 9.17) is 17.0 Å². The van der Waals surface area contributed by atoms with Gasteiger partial charge in [0.1, 0.15) is 5.75 Å². The van der Waals surface area contributed by atoms with Gasteiger partial charge >= 0.3 is 0 Å². The van der Waals surface area contributed by atoms with E-state index in [9.17, 15) is 0 Å². The Bertz CT molecular complexity index is 824. The number of H-pyrrole nitrogens is 1. The Kier molecular flexibility index (Phi) is 4.48. The molecule has 3 aromatic rings. The highest BCUT2D eigenvalue weighted by atomic mass is 32.1. The van der Waals surface area contributed by atoms with Gasteiger partial charge in [0.05, 0.1) is 7.11 Å². The van der Waals surface area contributed by atoms with Gasteiger partial charge in [0, 0.05) is 23.4 Å². The van der Waals surface area contributed by atoms with E-state index in [1.165, 1.54) is 16.6 Å². The summed E-state index contributed by atoms with van der Waals surface area (Å²) >= 11 is 5.34. The van der Waals surface area contributed by atoms with Gasteiger partial charge in [-0.1, -0.05) is 6.07 Å². The molecule has 5 heteroatoms. The lowest BCUT2D eigenvalue weighted by Crippen LogP contribution is -2.27. The van der Waals surface area contributed by atoms with Gasteiger partial charge in [0.25, 0.3) is 0 Å². The third kappa shape index (κ3) is 3.81. The molecule has 3 rings (SSSR count). The molecule has 0 radical (unpaired) electrons. The van der Waals surface area contributed by atoms with Gasteiger partial charge in [-0.05, 0) is 72.6 Å². The average Bonchev–Trinajstić information content (AvgIpc) is 2.93. The predicted octanol–water partition coefficient (Wildman–Crippen LogP) is 3.97. The number of anilines is 1. The summed E-state index contributed by atoms with van der Waals surface area (Å²) in [5.41, 5.74) is 4.45. The van der Waals surface area contributed by atoms with E-state index in [1.54, 1.807) is 7.11 Å². The van der Waals surface area contributed by atoms with Crippen molar-refractivity contribution in [2.75, 3.05) is 12.4 Å². The molecule has 0 fully saturated rings. The van der Waals surface area contributed by atoms with Crippen LogP contribution < -0.4 is 15.4 Å². The Balaban J connectivity index is 1.58. The normalized spacial score (nSPS) is 10.5. The molecule has 4 nitrogen and oxygen atoms in total. The van der Waals surface area contributed by atoms with E-state index in [2.05, 4.69) is 46.8 Å². The standard InChI is InChI=1S/C18H19N3OS/c1-12-9-14-10-13(3-8-17(14)20-12)11-19-18(23)21-15-4-6-16(22-2)7-5-15/h3-10,20H,11H2,1-2H3,(H2,19,21,23). The lowest BCUT2D eigenvalue weighted by atomic mass is 10.1. The zero-order valence-electron chi connectivity index (χ0n) is 13.1. The van der Waals surface area contributed by atoms with Crippen LogP contribution in [0.4, 0.5) is 5.69 Å². The first-order valence-electron chi connectivity index (χ1n) is 7.41. The molecule has 0 spiro atoms. The number of hydrogen-bond donors (Lipinski definition) is 3. The molecule has 0 bridgehead atoms. The van der Waals surface area contributed by atoms with Crippen molar-refractivity contribution in [1.82, 2.24) is 10.3 Å². The summed E-state index contributed by atoms with van der Waals surface area (Å²) in [5.74, 6) is 0.824. The molecule has 0 aliphatic heterocycles. The third-order valence-corrected chi connectivity index (χ3v) is 3.87. The van der Waals surface area contributed by atoms with Crippen LogP contribution in [0.15, 0.2) is 48.5 Å². The molecule has 1 heterocycles. The highest BCUT2D eigenvalue weighted by molar-refractivity contribution is 7.80. The van der Waals surface area contributed by atoms with Crippen molar-refractivity contribution in [3.8, 4) is 5.75 Å². The third-order valence-electron chi connectivity index (χ3n) is 3.62. The number of benzene rings is 2. The second-order valence-corrected chi connectivity index (χ2v) is 5.82. The zero-order valence-corrected chi connectivity index (χ0v) is 14.0. The summed E-state index contributed by atoms with van der Waals surface area (Å²) in [5, 5.41) is 8.21. The van der Waals surface area contributed by atoms with Crippen molar-refractivity contribution >= 4 is 33.9 Å². The topological polar surface area (TPSA) is 49.1 Å². The van der Waals surface area contributed by atoms with Crippen LogP contribution >= 0.6 is 12.2 Å². The predicted molar refractivity (Wildman–Crippen MR) is 99.1 cm³/mol. The van der Waals surface area contributed by atoms with Crippen LogP contribution in [0.1, 0.15) is 11.3 Å². The molecule has 1 aromatic heterocycles. The molecule has 0 aliphatic rings. The van der Waals surface area contributed by atoms with Gasteiger partial charge in [-0.25, -0.2) is 0 Å². The number of methoxy groups -OCH3 is 1. The van der Waals surface area contributed by atoms with E-state index >= 15 is 0 Å². The van der Waals surface area contributed by atoms with E-state index in [0.29, 0.717) is 11.7 Å². The Morgan fingerprint density at radius 1 is 1.13 bits per heavy atom. The summed E-state index contributed by atoms with van der Waals surface area (Å²) < 4.78 is 5.14. The molecule has 23 heavy (non-hydrogen) atoms. The molecule has 0 saturated heterocycles. The number of hydrogen-bond acceptors (Lipinski definition) is 2. The number of aromatic nitrogens is 1. The fraction of sp³-hybridized carbons (Fsp3) is 0.167.